The summed E-state index contributed by atoms with van der Waals surface area (Å²) in [5, 5.41) is 34.6. The first kappa shape index (κ1) is 26.2. The third-order valence-electron chi connectivity index (χ3n) is 7.07. The zero-order valence-corrected chi connectivity index (χ0v) is 21.6. The molecule has 0 radical (unpaired) electrons. The normalized spacial score (nSPS) is 17.7. The standard InChI is InChI=1S/C29H30N6O4/c1-3-14-34-26-12-11-23(35-27(37)24-10-5-4-9-21(24)18-30-35)17-25(26)29(39,28(34)38)20(2)8-6-7-15-33-19-22(13-16-36)31-32-33/h3-6,8-12,17-20,36,39H,1,7,13-16H2,2H3/b8-6+/t20-,29+/m0/s1. The van der Waals surface area contributed by atoms with Gasteiger partial charge >= 0.3 is 0 Å². The second-order valence-corrected chi connectivity index (χ2v) is 9.57. The van der Waals surface area contributed by atoms with Crippen LogP contribution < -0.4 is 10.5 Å². The molecule has 0 aliphatic carbocycles. The zero-order chi connectivity index (χ0) is 27.6. The van der Waals surface area contributed by atoms with Gasteiger partial charge in [-0.3, -0.25) is 14.3 Å². The van der Waals surface area contributed by atoms with Crippen molar-refractivity contribution in [2.24, 2.45) is 5.92 Å². The van der Waals surface area contributed by atoms with Crippen LogP contribution in [0.25, 0.3) is 16.5 Å². The van der Waals surface area contributed by atoms with Crippen LogP contribution in [0.15, 0.2) is 84.5 Å². The van der Waals surface area contributed by atoms with Crippen molar-refractivity contribution in [1.82, 2.24) is 24.8 Å². The maximum atomic E-state index is 13.6. The van der Waals surface area contributed by atoms with E-state index in [1.807, 2.05) is 24.3 Å². The molecule has 200 valence electrons. The smallest absolute Gasteiger partial charge is 0.279 e. The summed E-state index contributed by atoms with van der Waals surface area (Å²) in [7, 11) is 0. The van der Waals surface area contributed by atoms with E-state index < -0.39 is 17.4 Å². The molecule has 1 aliphatic rings. The first-order valence-corrected chi connectivity index (χ1v) is 12.8. The second kappa shape index (κ2) is 10.8. The molecule has 0 spiro atoms. The fraction of sp³-hybridized carbons (Fsp3) is 0.276. The van der Waals surface area contributed by atoms with E-state index in [4.69, 9.17) is 5.11 Å². The molecule has 1 aliphatic heterocycles. The third-order valence-corrected chi connectivity index (χ3v) is 7.07. The van der Waals surface area contributed by atoms with Gasteiger partial charge in [-0.1, -0.05) is 48.6 Å². The largest absolute Gasteiger partial charge is 0.396 e. The Morgan fingerprint density at radius 3 is 2.79 bits per heavy atom. The van der Waals surface area contributed by atoms with E-state index in [-0.39, 0.29) is 18.7 Å². The average Bonchev–Trinajstić information content (AvgIpc) is 3.48. The Bertz CT molecular complexity index is 1620. The Balaban J connectivity index is 1.46. The van der Waals surface area contributed by atoms with Gasteiger partial charge in [-0.15, -0.1) is 11.7 Å². The predicted molar refractivity (Wildman–Crippen MR) is 148 cm³/mol. The van der Waals surface area contributed by atoms with Gasteiger partial charge in [0.25, 0.3) is 11.5 Å². The van der Waals surface area contributed by atoms with Crippen molar-refractivity contribution in [2.75, 3.05) is 18.1 Å². The number of rotatable bonds is 10. The molecular formula is C29H30N6O4. The minimum Gasteiger partial charge on any atom is -0.396 e. The highest BCUT2D eigenvalue weighted by atomic mass is 16.3. The van der Waals surface area contributed by atoms with Gasteiger partial charge in [-0.2, -0.15) is 9.78 Å². The van der Waals surface area contributed by atoms with Crippen molar-refractivity contribution in [1.29, 1.82) is 0 Å². The lowest BCUT2D eigenvalue weighted by Crippen LogP contribution is -2.44. The molecule has 0 saturated carbocycles. The third kappa shape index (κ3) is 4.68. The van der Waals surface area contributed by atoms with Crippen LogP contribution in [0.4, 0.5) is 5.69 Å². The van der Waals surface area contributed by atoms with E-state index in [1.165, 1.54) is 9.58 Å². The highest BCUT2D eigenvalue weighted by molar-refractivity contribution is 6.07. The Hall–Kier alpha value is -4.41. The van der Waals surface area contributed by atoms with E-state index >= 15 is 0 Å². The van der Waals surface area contributed by atoms with Crippen LogP contribution in [0.1, 0.15) is 24.6 Å². The summed E-state index contributed by atoms with van der Waals surface area (Å²) < 4.78 is 2.98. The zero-order valence-electron chi connectivity index (χ0n) is 21.6. The van der Waals surface area contributed by atoms with Gasteiger partial charge in [0, 0.05) is 49.2 Å². The van der Waals surface area contributed by atoms with E-state index in [9.17, 15) is 14.7 Å². The summed E-state index contributed by atoms with van der Waals surface area (Å²) in [5.74, 6) is -1.02. The van der Waals surface area contributed by atoms with Crippen LogP contribution in [0, 0.1) is 5.92 Å². The lowest BCUT2D eigenvalue weighted by molar-refractivity contribution is -0.139. The first-order chi connectivity index (χ1) is 18.9. The number of fused-ring (bicyclic) bond motifs is 2. The molecule has 0 saturated heterocycles. The van der Waals surface area contributed by atoms with Crippen LogP contribution in [0.5, 0.6) is 0 Å². The maximum Gasteiger partial charge on any atom is 0.279 e. The van der Waals surface area contributed by atoms with Crippen molar-refractivity contribution in [3.8, 4) is 5.69 Å². The number of benzene rings is 2. The van der Waals surface area contributed by atoms with Crippen LogP contribution >= 0.6 is 0 Å². The van der Waals surface area contributed by atoms with E-state index in [2.05, 4.69) is 22.0 Å². The molecule has 2 N–H and O–H groups in total. The minimum atomic E-state index is -1.84. The highest BCUT2D eigenvalue weighted by Gasteiger charge is 2.52. The summed E-state index contributed by atoms with van der Waals surface area (Å²) in [4.78, 5) is 28.3. The molecule has 39 heavy (non-hydrogen) atoms. The molecule has 0 unspecified atom stereocenters. The van der Waals surface area contributed by atoms with E-state index in [0.29, 0.717) is 41.7 Å². The topological polar surface area (TPSA) is 126 Å². The Kier molecular flexibility index (Phi) is 7.23. The molecule has 10 nitrogen and oxygen atoms in total. The minimum absolute atomic E-state index is 0.0142. The van der Waals surface area contributed by atoms with Gasteiger partial charge < -0.3 is 15.1 Å². The number of aryl methyl sites for hydroxylation is 1. The number of amides is 1. The lowest BCUT2D eigenvalue weighted by atomic mass is 9.82. The highest BCUT2D eigenvalue weighted by Crippen LogP contribution is 2.45. The average molecular weight is 527 g/mol. The van der Waals surface area contributed by atoms with Crippen molar-refractivity contribution in [3.05, 3.63) is 101 Å². The number of aliphatic hydroxyl groups excluding tert-OH is 1. The molecule has 10 heteroatoms. The van der Waals surface area contributed by atoms with Gasteiger partial charge in [-0.25, -0.2) is 0 Å². The van der Waals surface area contributed by atoms with Crippen molar-refractivity contribution in [3.63, 3.8) is 0 Å². The summed E-state index contributed by atoms with van der Waals surface area (Å²) in [6.07, 6.45) is 9.80. The molecule has 1 amide bonds. The molecule has 4 aromatic rings. The first-order valence-electron chi connectivity index (χ1n) is 12.8. The Labute approximate surface area is 225 Å². The fourth-order valence-corrected chi connectivity index (χ4v) is 4.98. The van der Waals surface area contributed by atoms with Crippen molar-refractivity contribution >= 4 is 22.4 Å². The molecule has 2 aromatic carbocycles. The number of aromatic nitrogens is 5. The SMILES string of the molecule is C=CCN1C(=O)[C@@](O)([C@@H](C)/C=C/CCn2cc(CCO)nn2)c2cc(-n3ncc4ccccc4c3=O)ccc21. The number of carbonyl (C=O) groups excluding carboxylic acids is 1. The van der Waals surface area contributed by atoms with Gasteiger partial charge in [0.2, 0.25) is 0 Å². The van der Waals surface area contributed by atoms with Gasteiger partial charge in [0.1, 0.15) is 0 Å². The van der Waals surface area contributed by atoms with E-state index in [1.54, 1.807) is 60.4 Å². The predicted octanol–water partition coefficient (Wildman–Crippen LogP) is 2.51. The molecule has 3 heterocycles. The van der Waals surface area contributed by atoms with Crippen LogP contribution in [0.3, 0.4) is 0 Å². The quantitative estimate of drug-likeness (QED) is 0.304. The molecule has 5 rings (SSSR count). The molecule has 2 aromatic heterocycles. The van der Waals surface area contributed by atoms with Crippen LogP contribution in [-0.4, -0.2) is 54.0 Å². The number of aliphatic hydroxyl groups is 2. The molecule has 2 atom stereocenters. The fourth-order valence-electron chi connectivity index (χ4n) is 4.98. The number of carbonyl (C=O) groups is 1. The van der Waals surface area contributed by atoms with Gasteiger partial charge in [-0.05, 0) is 30.7 Å². The molecule has 0 fully saturated rings. The van der Waals surface area contributed by atoms with E-state index in [0.717, 1.165) is 11.1 Å². The number of hydrogen-bond donors (Lipinski definition) is 2. The Morgan fingerprint density at radius 1 is 1.18 bits per heavy atom. The van der Waals surface area contributed by atoms with Crippen molar-refractivity contribution in [2.45, 2.75) is 31.9 Å². The van der Waals surface area contributed by atoms with Gasteiger partial charge in [0.15, 0.2) is 5.60 Å². The maximum absolute atomic E-state index is 13.6. The number of allylic oxidation sites excluding steroid dienone is 1. The molecule has 0 bridgehead atoms. The lowest BCUT2D eigenvalue weighted by Gasteiger charge is -2.27. The number of nitrogens with zero attached hydrogens (tertiary/aromatic N) is 6. The van der Waals surface area contributed by atoms with Gasteiger partial charge in [0.05, 0.1) is 28.7 Å². The Morgan fingerprint density at radius 2 is 2.00 bits per heavy atom. The second-order valence-electron chi connectivity index (χ2n) is 9.57. The van der Waals surface area contributed by atoms with Crippen LogP contribution in [0.2, 0.25) is 0 Å². The van der Waals surface area contributed by atoms with Crippen molar-refractivity contribution < 1.29 is 15.0 Å². The number of anilines is 1. The number of hydrogen-bond acceptors (Lipinski definition) is 7. The monoisotopic (exact) mass is 526 g/mol. The summed E-state index contributed by atoms with van der Waals surface area (Å²) in [6.45, 7) is 6.36. The summed E-state index contributed by atoms with van der Waals surface area (Å²) in [5.41, 5.74) is 0.0297. The molecular weight excluding hydrogens is 496 g/mol. The summed E-state index contributed by atoms with van der Waals surface area (Å²) in [6, 6.07) is 12.3. The summed E-state index contributed by atoms with van der Waals surface area (Å²) >= 11 is 0. The van der Waals surface area contributed by atoms with Crippen LogP contribution in [-0.2, 0) is 23.4 Å².